The molecule has 528 valence electrons. The Morgan fingerprint density at radius 3 is 1.19 bits per heavy atom. The van der Waals surface area contributed by atoms with E-state index in [2.05, 4.69) is 130 Å². The van der Waals surface area contributed by atoms with Gasteiger partial charge in [0.05, 0.1) is 0 Å². The number of carbonyl (C=O) groups excluding carboxylic acids is 4. The number of anilines is 4. The number of halogens is 2. The number of fused-ring (bicyclic) bond motifs is 2. The third-order valence-electron chi connectivity index (χ3n) is 19.6. The molecule has 4 amide bonds. The number of benzene rings is 6. The molecule has 4 N–H and O–H groups in total. The number of phenolic OH excluding ortho intramolecular Hbond substituents is 2. The number of nitrogens with one attached hydrogen (secondary N) is 2. The number of rotatable bonds is 26. The van der Waals surface area contributed by atoms with Crippen LogP contribution in [0.4, 0.5) is 30.4 Å². The maximum Gasteiger partial charge on any atom is 0.255 e. The van der Waals surface area contributed by atoms with E-state index in [1.54, 1.807) is 23.2 Å². The molecule has 8 aromatic rings. The molecule has 100 heavy (non-hydrogen) atoms. The van der Waals surface area contributed by atoms with Crippen molar-refractivity contribution in [2.45, 2.75) is 144 Å². The quantitative estimate of drug-likeness (QED) is 0.0378. The Balaban J connectivity index is 0.000000202. The summed E-state index contributed by atoms with van der Waals surface area (Å²) in [6, 6.07) is 32.8. The fourth-order valence-corrected chi connectivity index (χ4v) is 15.0. The second kappa shape index (κ2) is 33.3. The molecule has 16 nitrogen and oxygen atoms in total. The van der Waals surface area contributed by atoms with E-state index in [9.17, 15) is 38.2 Å². The summed E-state index contributed by atoms with van der Waals surface area (Å²) in [5, 5.41) is 30.9. The van der Waals surface area contributed by atoms with Crippen LogP contribution in [0.5, 0.6) is 11.5 Å². The largest absolute Gasteiger partial charge is 0.508 e. The summed E-state index contributed by atoms with van der Waals surface area (Å²) in [6.45, 7) is 24.9. The Morgan fingerprint density at radius 1 is 0.470 bits per heavy atom. The van der Waals surface area contributed by atoms with Crippen molar-refractivity contribution >= 4 is 67.9 Å². The average Bonchev–Trinajstić information content (AvgIpc) is 1.61. The third kappa shape index (κ3) is 19.1. The first-order chi connectivity index (χ1) is 48.1. The number of nitrogens with zero attached hydrogens (tertiary/aromatic N) is 8. The van der Waals surface area contributed by atoms with Gasteiger partial charge in [-0.25, -0.2) is 18.7 Å². The number of amides is 4. The van der Waals surface area contributed by atoms with Gasteiger partial charge >= 0.3 is 0 Å². The van der Waals surface area contributed by atoms with E-state index in [-0.39, 0.29) is 47.5 Å². The van der Waals surface area contributed by atoms with Crippen LogP contribution in [0.1, 0.15) is 174 Å². The minimum absolute atomic E-state index is 0.0125. The standard InChI is InChI=1S/C41H50FN5O3S.C39H46FN5O3S/c1-41(2,3)18-8-6-4-5-7-9-20-45-21-23-46(24-22-45)33-15-12-29(13-16-33)30-10-11-31-28-47(39(50)34(31)26-30)37(35-27-32(42)14-17-36(35)48)38(49)44-40-43-19-25-51-40;1-39(2,3)16-6-4-5-7-18-43-19-21-44(22-20-43)31-13-10-27(11-14-31)28-8-9-29-26-45(37(48)32(29)24-28)35(33-25-30(40)12-15-34(33)46)36(47)42-38-41-17-23-49-38/h10-17,19,25-27,37,48H,4-9,18,20-24,28H2,1-3H3,(H,43,44,49);8-15,17,23-25,35,46H,4-7,16,18-22,26H2,1-3H3,(H,41,42,47). The Hall–Kier alpha value is -8.56. The van der Waals surface area contributed by atoms with Gasteiger partial charge in [-0.15, -0.1) is 22.7 Å². The third-order valence-corrected chi connectivity index (χ3v) is 21.0. The zero-order chi connectivity index (χ0) is 70.5. The summed E-state index contributed by atoms with van der Waals surface area (Å²) in [4.78, 5) is 75.9. The second-order valence-electron chi connectivity index (χ2n) is 29.4. The molecule has 2 aromatic heterocycles. The molecule has 0 radical (unpaired) electrons. The number of hydrogen-bond donors (Lipinski definition) is 4. The number of unbranched alkanes of at least 4 members (excludes halogenated alkanes) is 8. The van der Waals surface area contributed by atoms with E-state index in [1.165, 1.54) is 146 Å². The Morgan fingerprint density at radius 2 is 0.830 bits per heavy atom. The molecule has 2 atom stereocenters. The van der Waals surface area contributed by atoms with Gasteiger partial charge in [0.15, 0.2) is 10.3 Å². The first-order valence-electron chi connectivity index (χ1n) is 35.5. The average molecular weight is 1400 g/mol. The highest BCUT2D eigenvalue weighted by Gasteiger charge is 2.41. The van der Waals surface area contributed by atoms with Crippen molar-refractivity contribution in [1.29, 1.82) is 0 Å². The van der Waals surface area contributed by atoms with E-state index in [1.807, 2.05) is 36.4 Å². The highest BCUT2D eigenvalue weighted by molar-refractivity contribution is 7.14. The lowest BCUT2D eigenvalue weighted by Gasteiger charge is -2.36. The van der Waals surface area contributed by atoms with Crippen molar-refractivity contribution in [1.82, 2.24) is 29.6 Å². The molecule has 0 aliphatic carbocycles. The lowest BCUT2D eigenvalue weighted by molar-refractivity contribution is -0.121. The molecular formula is C80H96F2N10O6S2. The van der Waals surface area contributed by atoms with Gasteiger partial charge in [0.2, 0.25) is 0 Å². The molecule has 2 unspecified atom stereocenters. The zero-order valence-corrected chi connectivity index (χ0v) is 60.3. The predicted molar refractivity (Wildman–Crippen MR) is 398 cm³/mol. The molecule has 6 aromatic carbocycles. The van der Waals surface area contributed by atoms with Crippen LogP contribution in [0.25, 0.3) is 22.3 Å². The van der Waals surface area contributed by atoms with Gasteiger partial charge in [-0.1, -0.05) is 141 Å². The SMILES string of the molecule is CC(C)(C)CCCCCCCCN1CCN(c2ccc(-c3ccc4c(c3)C(=O)N(C(C(=O)Nc3nccs3)c3cc(F)ccc3O)C4)cc2)CC1.CC(C)(C)CCCCCCN1CCN(c2ccc(-c3ccc4c(c3)C(=O)N(C(C(=O)Nc3nccs3)c3cc(F)ccc3O)C4)cc2)CC1. The Labute approximate surface area is 596 Å². The number of hydrogen-bond acceptors (Lipinski definition) is 14. The van der Waals surface area contributed by atoms with Crippen molar-refractivity contribution in [3.63, 3.8) is 0 Å². The number of aromatic hydroxyl groups is 2. The summed E-state index contributed by atoms with van der Waals surface area (Å²) in [5.41, 5.74) is 9.56. The molecule has 0 bridgehead atoms. The normalized spacial score (nSPS) is 15.7. The van der Waals surface area contributed by atoms with Gasteiger partial charge in [-0.3, -0.25) is 39.6 Å². The zero-order valence-electron chi connectivity index (χ0n) is 58.7. The molecule has 12 rings (SSSR count). The van der Waals surface area contributed by atoms with Crippen LogP contribution in [0, 0.1) is 22.5 Å². The minimum Gasteiger partial charge on any atom is -0.508 e. The van der Waals surface area contributed by atoms with Gasteiger partial charge in [0, 0.05) is 122 Å². The molecule has 6 heterocycles. The summed E-state index contributed by atoms with van der Waals surface area (Å²) < 4.78 is 28.7. The second-order valence-corrected chi connectivity index (χ2v) is 31.2. The smallest absolute Gasteiger partial charge is 0.255 e. The van der Waals surface area contributed by atoms with Crippen LogP contribution in [-0.2, 0) is 22.7 Å². The topological polar surface area (TPSA) is 178 Å². The number of carbonyl (C=O) groups is 4. The highest BCUT2D eigenvalue weighted by atomic mass is 32.1. The first kappa shape index (κ1) is 72.7. The van der Waals surface area contributed by atoms with Crippen LogP contribution < -0.4 is 20.4 Å². The Kier molecular flexibility index (Phi) is 24.2. The van der Waals surface area contributed by atoms with Crippen LogP contribution in [-0.4, -0.2) is 129 Å². The van der Waals surface area contributed by atoms with Gasteiger partial charge < -0.3 is 29.8 Å². The molecule has 4 aliphatic rings. The van der Waals surface area contributed by atoms with Crippen molar-refractivity contribution < 1.29 is 38.2 Å². The van der Waals surface area contributed by atoms with Gasteiger partial charge in [0.1, 0.15) is 35.2 Å². The minimum atomic E-state index is -1.26. The van der Waals surface area contributed by atoms with Gasteiger partial charge in [-0.2, -0.15) is 0 Å². The van der Waals surface area contributed by atoms with E-state index >= 15 is 0 Å². The lowest BCUT2D eigenvalue weighted by Crippen LogP contribution is -2.46. The predicted octanol–water partition coefficient (Wildman–Crippen LogP) is 17.0. The van der Waals surface area contributed by atoms with E-state index in [0.29, 0.717) is 32.2 Å². The maximum absolute atomic E-state index is 14.4. The van der Waals surface area contributed by atoms with Crippen molar-refractivity contribution in [3.05, 3.63) is 189 Å². The number of thiazole rings is 2. The van der Waals surface area contributed by atoms with Crippen molar-refractivity contribution in [2.24, 2.45) is 10.8 Å². The van der Waals surface area contributed by atoms with Crippen LogP contribution >= 0.6 is 22.7 Å². The highest BCUT2D eigenvalue weighted by Crippen LogP contribution is 2.41. The fourth-order valence-electron chi connectivity index (χ4n) is 14.0. The van der Waals surface area contributed by atoms with E-state index < -0.39 is 35.5 Å². The first-order valence-corrected chi connectivity index (χ1v) is 37.3. The summed E-state index contributed by atoms with van der Waals surface area (Å²) in [7, 11) is 0. The van der Waals surface area contributed by atoms with E-state index in [4.69, 9.17) is 0 Å². The van der Waals surface area contributed by atoms with Crippen LogP contribution in [0.2, 0.25) is 0 Å². The molecule has 4 aliphatic heterocycles. The monoisotopic (exact) mass is 1390 g/mol. The molecule has 20 heteroatoms. The fraction of sp³-hybridized carbons (Fsp3) is 0.425. The molecule has 0 saturated carbocycles. The maximum atomic E-state index is 14.4. The number of aromatic nitrogens is 2. The van der Waals surface area contributed by atoms with Gasteiger partial charge in [0.25, 0.3) is 23.6 Å². The van der Waals surface area contributed by atoms with Crippen LogP contribution in [0.15, 0.2) is 144 Å². The Bertz CT molecular complexity index is 4050. The summed E-state index contributed by atoms with van der Waals surface area (Å²) in [5.74, 6) is -3.66. The van der Waals surface area contributed by atoms with Gasteiger partial charge in [-0.05, 0) is 156 Å². The number of phenols is 2. The van der Waals surface area contributed by atoms with Crippen molar-refractivity contribution in [3.8, 4) is 33.8 Å². The van der Waals surface area contributed by atoms with Crippen molar-refractivity contribution in [2.75, 3.05) is 85.9 Å². The summed E-state index contributed by atoms with van der Waals surface area (Å²) >= 11 is 2.46. The van der Waals surface area contributed by atoms with Crippen LogP contribution in [0.3, 0.4) is 0 Å². The number of piperazine rings is 2. The van der Waals surface area contributed by atoms with E-state index in [0.717, 1.165) is 110 Å². The molecule has 0 spiro atoms. The molecular weight excluding hydrogens is 1300 g/mol. The molecule has 2 saturated heterocycles. The lowest BCUT2D eigenvalue weighted by atomic mass is 9.89. The summed E-state index contributed by atoms with van der Waals surface area (Å²) in [6.07, 6.45) is 19.0. The molecule has 2 fully saturated rings.